The Morgan fingerprint density at radius 3 is 0.571 bits per heavy atom. The molecule has 4 heteroatoms. The van der Waals surface area contributed by atoms with Crippen LogP contribution in [0.4, 0.5) is 0 Å². The summed E-state index contributed by atoms with van der Waals surface area (Å²) in [5, 5.41) is 18.8. The number of hydrogen-bond acceptors (Lipinski definition) is 3. The fourth-order valence-electron chi connectivity index (χ4n) is 0. The monoisotopic (exact) mass is 147 g/mol. The predicted molar refractivity (Wildman–Crippen MR) is 20.7 cm³/mol. The van der Waals surface area contributed by atoms with Crippen LogP contribution in [0.5, 0.6) is 0 Å². The number of rotatable bonds is 0. The molecule has 0 rings (SSSR count). The van der Waals surface area contributed by atoms with E-state index in [1.54, 1.807) is 0 Å². The first-order valence-corrected chi connectivity index (χ1v) is 0.671. The van der Waals surface area contributed by atoms with Crippen LogP contribution in [0.1, 0.15) is 0 Å². The molecular weight excluding hydrogens is 148 g/mol. The largest absolute Gasteiger partial charge is 3.00 e. The Morgan fingerprint density at radius 2 is 0.571 bits per heavy atom. The van der Waals surface area contributed by atoms with Gasteiger partial charge in [-0.3, -0.25) is 0 Å². The van der Waals surface area contributed by atoms with Crippen LogP contribution < -0.4 is 0 Å². The molecule has 3 nitrogen and oxygen atoms in total. The first-order chi connectivity index (χ1) is 3.00. The van der Waals surface area contributed by atoms with Crippen molar-refractivity contribution in [1.82, 2.24) is 0 Å². The van der Waals surface area contributed by atoms with Crippen molar-refractivity contribution in [2.45, 2.75) is 0 Å². The molecule has 7 heavy (non-hydrogen) atoms. The normalized spacial score (nSPS) is 0.857. The van der Waals surface area contributed by atoms with Gasteiger partial charge in [0.15, 0.2) is 0 Å². The molecule has 30 valence electrons. The molecule has 0 spiro atoms. The van der Waals surface area contributed by atoms with Crippen LogP contribution in [0.2, 0.25) is 0 Å². The average molecular weight is 148 g/mol. The van der Waals surface area contributed by atoms with E-state index in [1.165, 1.54) is 0 Å². The quantitative estimate of drug-likeness (QED) is 0.355. The SMILES string of the molecule is [C-]#N.[C-]#N.[C-]#N.[Ga+3]. The average Bonchev–Trinajstić information content (AvgIpc) is 1.81. The van der Waals surface area contributed by atoms with Crippen LogP contribution in [0, 0.1) is 35.5 Å². The maximum Gasteiger partial charge on any atom is 3.00 e. The zero-order chi connectivity index (χ0) is 6.00. The molecule has 0 radical (unpaired) electrons. The van der Waals surface area contributed by atoms with E-state index < -0.39 is 0 Å². The summed E-state index contributed by atoms with van der Waals surface area (Å²) in [5.74, 6) is 0. The van der Waals surface area contributed by atoms with Crippen molar-refractivity contribution in [3.8, 4) is 0 Å². The minimum atomic E-state index is 0. The van der Waals surface area contributed by atoms with E-state index >= 15 is 0 Å². The summed E-state index contributed by atoms with van der Waals surface area (Å²) in [6.07, 6.45) is 0. The molecular formula is C3GaN3. The summed E-state index contributed by atoms with van der Waals surface area (Å²) in [4.78, 5) is 0. The van der Waals surface area contributed by atoms with Gasteiger partial charge < -0.3 is 35.5 Å². The van der Waals surface area contributed by atoms with Crippen LogP contribution in [-0.4, -0.2) is 19.8 Å². The Hall–Kier alpha value is -0.894. The van der Waals surface area contributed by atoms with Crippen molar-refractivity contribution in [3.05, 3.63) is 19.7 Å². The van der Waals surface area contributed by atoms with Gasteiger partial charge in [-0.1, -0.05) is 0 Å². The van der Waals surface area contributed by atoms with E-state index in [-0.39, 0.29) is 19.8 Å². The third-order valence-electron chi connectivity index (χ3n) is 0. The molecule has 0 bridgehead atoms. The second-order valence-corrected chi connectivity index (χ2v) is 0. The predicted octanol–water partition coefficient (Wildman–Crippen LogP) is -0.0917. The second kappa shape index (κ2) is 108. The van der Waals surface area contributed by atoms with Crippen molar-refractivity contribution >= 4 is 19.8 Å². The molecule has 0 aromatic carbocycles. The Balaban J connectivity index is -0.00000000900. The molecule has 0 saturated heterocycles. The fraction of sp³-hybridized carbons (Fsp3) is 0. The maximum absolute atomic E-state index is 6.25. The number of nitrogens with zero attached hydrogens (tertiary/aromatic N) is 3. The van der Waals surface area contributed by atoms with Crippen LogP contribution in [0.15, 0.2) is 0 Å². The van der Waals surface area contributed by atoms with Crippen LogP contribution in [-0.2, 0) is 0 Å². The van der Waals surface area contributed by atoms with Gasteiger partial charge >= 0.3 is 19.8 Å². The molecule has 0 aliphatic heterocycles. The third-order valence-corrected chi connectivity index (χ3v) is 0. The zero-order valence-corrected chi connectivity index (χ0v) is 5.84. The van der Waals surface area contributed by atoms with E-state index in [2.05, 4.69) is 0 Å². The zero-order valence-electron chi connectivity index (χ0n) is 3.42. The van der Waals surface area contributed by atoms with Crippen molar-refractivity contribution in [1.29, 1.82) is 15.8 Å². The van der Waals surface area contributed by atoms with Gasteiger partial charge in [-0.15, -0.1) is 0 Å². The minimum absolute atomic E-state index is 0. The van der Waals surface area contributed by atoms with Crippen LogP contribution in [0.25, 0.3) is 0 Å². The standard InChI is InChI=1S/3CN.Ga/c3*1-2;/q3*-1;+3. The topological polar surface area (TPSA) is 71.4 Å². The summed E-state index contributed by atoms with van der Waals surface area (Å²) < 4.78 is 0. The minimum Gasteiger partial charge on any atom is -0.512 e. The van der Waals surface area contributed by atoms with Crippen molar-refractivity contribution in [3.63, 3.8) is 0 Å². The Labute approximate surface area is 55.8 Å². The number of hydrogen-bond donors (Lipinski definition) is 0. The Morgan fingerprint density at radius 1 is 0.571 bits per heavy atom. The van der Waals surface area contributed by atoms with Gasteiger partial charge in [-0.05, 0) is 0 Å². The van der Waals surface area contributed by atoms with E-state index in [1.807, 2.05) is 0 Å². The fourth-order valence-corrected chi connectivity index (χ4v) is 0. The summed E-state index contributed by atoms with van der Waals surface area (Å²) in [5.41, 5.74) is 0. The van der Waals surface area contributed by atoms with Crippen molar-refractivity contribution in [2.24, 2.45) is 0 Å². The maximum atomic E-state index is 6.25. The van der Waals surface area contributed by atoms with Gasteiger partial charge in [0.05, 0.1) is 0 Å². The van der Waals surface area contributed by atoms with Crippen LogP contribution >= 0.6 is 0 Å². The summed E-state index contributed by atoms with van der Waals surface area (Å²) in [7, 11) is 0. The summed E-state index contributed by atoms with van der Waals surface area (Å²) >= 11 is 0. The molecule has 0 fully saturated rings. The molecule has 0 unspecified atom stereocenters. The molecule has 0 atom stereocenters. The second-order valence-electron chi connectivity index (χ2n) is 0. The third kappa shape index (κ3) is 61.7. The molecule has 0 saturated carbocycles. The molecule has 0 aliphatic carbocycles. The van der Waals surface area contributed by atoms with Crippen molar-refractivity contribution in [2.75, 3.05) is 0 Å². The van der Waals surface area contributed by atoms with Gasteiger partial charge in [-0.2, -0.15) is 0 Å². The van der Waals surface area contributed by atoms with E-state index in [0.29, 0.717) is 0 Å². The van der Waals surface area contributed by atoms with E-state index in [9.17, 15) is 0 Å². The molecule has 0 N–H and O–H groups in total. The summed E-state index contributed by atoms with van der Waals surface area (Å²) in [6, 6.07) is 0. The van der Waals surface area contributed by atoms with Gasteiger partial charge in [0, 0.05) is 0 Å². The first kappa shape index (κ1) is 35.9. The van der Waals surface area contributed by atoms with Gasteiger partial charge in [0.2, 0.25) is 0 Å². The smallest absolute Gasteiger partial charge is 0.512 e. The molecule has 0 aliphatic rings. The molecule has 0 amide bonds. The summed E-state index contributed by atoms with van der Waals surface area (Å²) in [6.45, 7) is 14.2. The Bertz CT molecular complexity index is 38.7. The van der Waals surface area contributed by atoms with Gasteiger partial charge in [0.25, 0.3) is 0 Å². The molecule has 0 aromatic heterocycles. The van der Waals surface area contributed by atoms with E-state index in [0.717, 1.165) is 0 Å². The van der Waals surface area contributed by atoms with Crippen LogP contribution in [0.3, 0.4) is 0 Å². The first-order valence-electron chi connectivity index (χ1n) is 0.671. The van der Waals surface area contributed by atoms with Gasteiger partial charge in [-0.25, -0.2) is 0 Å². The van der Waals surface area contributed by atoms with E-state index in [4.69, 9.17) is 35.5 Å². The van der Waals surface area contributed by atoms with Crippen molar-refractivity contribution < 1.29 is 0 Å². The molecule has 0 heterocycles. The molecule has 0 aromatic rings. The van der Waals surface area contributed by atoms with Gasteiger partial charge in [0.1, 0.15) is 0 Å². The Kier molecular flexibility index (Phi) is 553.